The second kappa shape index (κ2) is 4.17. The summed E-state index contributed by atoms with van der Waals surface area (Å²) in [5.74, 6) is 8.20. The Morgan fingerprint density at radius 3 is 2.50 bits per heavy atom. The third kappa shape index (κ3) is 1.71. The Bertz CT molecular complexity index is 214. The number of nitrogens with two attached hydrogens (primary N) is 1. The van der Waals surface area contributed by atoms with Gasteiger partial charge in [0.1, 0.15) is 0 Å². The van der Waals surface area contributed by atoms with Gasteiger partial charge in [0.05, 0.1) is 0 Å². The van der Waals surface area contributed by atoms with Gasteiger partial charge in [-0.25, -0.2) is 5.84 Å². The van der Waals surface area contributed by atoms with Crippen molar-refractivity contribution in [3.8, 4) is 0 Å². The van der Waals surface area contributed by atoms with E-state index in [1.165, 1.54) is 12.8 Å². The van der Waals surface area contributed by atoms with E-state index >= 15 is 0 Å². The summed E-state index contributed by atoms with van der Waals surface area (Å²) in [6, 6.07) is 0. The second-order valence-electron chi connectivity index (χ2n) is 4.35. The molecule has 1 aliphatic heterocycles. The van der Waals surface area contributed by atoms with Crippen LogP contribution in [-0.4, -0.2) is 30.5 Å². The van der Waals surface area contributed by atoms with Crippen molar-refractivity contribution in [3.05, 3.63) is 0 Å². The summed E-state index contributed by atoms with van der Waals surface area (Å²) in [5, 5.41) is 0. The van der Waals surface area contributed by atoms with E-state index in [1.807, 2.05) is 0 Å². The van der Waals surface area contributed by atoms with Crippen LogP contribution in [0.15, 0.2) is 4.99 Å². The maximum atomic E-state index is 5.48. The van der Waals surface area contributed by atoms with Gasteiger partial charge in [-0.1, -0.05) is 6.92 Å². The third-order valence-corrected chi connectivity index (χ3v) is 3.40. The molecule has 1 aliphatic carbocycles. The molecule has 4 nitrogen and oxygen atoms in total. The maximum Gasteiger partial charge on any atom is 0.208 e. The maximum absolute atomic E-state index is 5.48. The largest absolute Gasteiger partial charge is 0.341 e. The Kier molecular flexibility index (Phi) is 2.91. The molecule has 1 saturated heterocycles. The average molecular weight is 196 g/mol. The summed E-state index contributed by atoms with van der Waals surface area (Å²) < 4.78 is 0. The average Bonchev–Trinajstić information content (AvgIpc) is 2.46. The Morgan fingerprint density at radius 1 is 1.43 bits per heavy atom. The van der Waals surface area contributed by atoms with Crippen molar-refractivity contribution in [2.45, 2.75) is 26.2 Å². The zero-order chi connectivity index (χ0) is 9.97. The van der Waals surface area contributed by atoms with Crippen molar-refractivity contribution in [2.24, 2.45) is 22.7 Å². The standard InChI is InChI=1S/C10H20N4/c1-2-5-12-10(13-11)14-6-8-3-4-9(8)7-14/h8-9H,2-7,11H2,1H3,(H,12,13). The highest BCUT2D eigenvalue weighted by Crippen LogP contribution is 2.40. The molecule has 0 aromatic carbocycles. The fourth-order valence-corrected chi connectivity index (χ4v) is 2.39. The summed E-state index contributed by atoms with van der Waals surface area (Å²) in [5.41, 5.74) is 2.72. The number of nitrogens with zero attached hydrogens (tertiary/aromatic N) is 2. The molecule has 1 heterocycles. The summed E-state index contributed by atoms with van der Waals surface area (Å²) in [6.45, 7) is 5.30. The zero-order valence-corrected chi connectivity index (χ0v) is 8.87. The molecule has 0 radical (unpaired) electrons. The van der Waals surface area contributed by atoms with Gasteiger partial charge in [-0.15, -0.1) is 0 Å². The highest BCUT2D eigenvalue weighted by atomic mass is 15.4. The molecule has 0 aromatic heterocycles. The van der Waals surface area contributed by atoms with Crippen molar-refractivity contribution in [1.29, 1.82) is 0 Å². The van der Waals surface area contributed by atoms with Gasteiger partial charge >= 0.3 is 0 Å². The van der Waals surface area contributed by atoms with Gasteiger partial charge in [-0.2, -0.15) is 0 Å². The molecule has 80 valence electrons. The summed E-state index contributed by atoms with van der Waals surface area (Å²) in [4.78, 5) is 6.75. The first kappa shape index (κ1) is 9.77. The van der Waals surface area contributed by atoms with E-state index in [0.29, 0.717) is 0 Å². The molecule has 1 saturated carbocycles. The highest BCUT2D eigenvalue weighted by molar-refractivity contribution is 5.79. The van der Waals surface area contributed by atoms with Gasteiger partial charge in [0, 0.05) is 19.6 Å². The normalized spacial score (nSPS) is 31.3. The van der Waals surface area contributed by atoms with Crippen molar-refractivity contribution in [3.63, 3.8) is 0 Å². The SMILES string of the molecule is CCCN=C(NN)N1CC2CCC2C1. The van der Waals surface area contributed by atoms with Gasteiger partial charge in [-0.3, -0.25) is 10.4 Å². The number of hydrogen-bond acceptors (Lipinski definition) is 2. The first-order chi connectivity index (χ1) is 6.85. The van der Waals surface area contributed by atoms with E-state index in [0.717, 1.165) is 43.9 Å². The highest BCUT2D eigenvalue weighted by Gasteiger charge is 2.40. The smallest absolute Gasteiger partial charge is 0.208 e. The minimum Gasteiger partial charge on any atom is -0.341 e. The number of likely N-dealkylation sites (tertiary alicyclic amines) is 1. The number of rotatable bonds is 2. The molecular weight excluding hydrogens is 176 g/mol. The van der Waals surface area contributed by atoms with Crippen LogP contribution < -0.4 is 11.3 Å². The quantitative estimate of drug-likeness (QED) is 0.294. The van der Waals surface area contributed by atoms with Crippen LogP contribution in [0.4, 0.5) is 0 Å². The number of aliphatic imine (C=N–C) groups is 1. The van der Waals surface area contributed by atoms with Gasteiger partial charge in [-0.05, 0) is 31.1 Å². The molecule has 0 aromatic rings. The molecule has 2 unspecified atom stereocenters. The van der Waals surface area contributed by atoms with Crippen LogP contribution in [0.1, 0.15) is 26.2 Å². The van der Waals surface area contributed by atoms with Crippen LogP contribution in [0.3, 0.4) is 0 Å². The molecule has 2 fully saturated rings. The number of hydrogen-bond donors (Lipinski definition) is 2. The molecule has 3 N–H and O–H groups in total. The first-order valence-corrected chi connectivity index (χ1v) is 5.61. The van der Waals surface area contributed by atoms with E-state index in [9.17, 15) is 0 Å². The minimum absolute atomic E-state index is 0.866. The molecule has 14 heavy (non-hydrogen) atoms. The van der Waals surface area contributed by atoms with E-state index in [-0.39, 0.29) is 0 Å². The van der Waals surface area contributed by atoms with Crippen LogP contribution in [0.2, 0.25) is 0 Å². The van der Waals surface area contributed by atoms with E-state index in [4.69, 9.17) is 5.84 Å². The Morgan fingerprint density at radius 2 is 2.07 bits per heavy atom. The number of nitrogens with one attached hydrogen (secondary N) is 1. The number of guanidine groups is 1. The van der Waals surface area contributed by atoms with Gasteiger partial charge in [0.15, 0.2) is 0 Å². The molecule has 0 spiro atoms. The Hall–Kier alpha value is -0.770. The van der Waals surface area contributed by atoms with Crippen molar-refractivity contribution >= 4 is 5.96 Å². The molecule has 2 atom stereocenters. The van der Waals surface area contributed by atoms with E-state index in [2.05, 4.69) is 22.2 Å². The van der Waals surface area contributed by atoms with Crippen molar-refractivity contribution in [1.82, 2.24) is 10.3 Å². The van der Waals surface area contributed by atoms with Crippen LogP contribution in [-0.2, 0) is 0 Å². The van der Waals surface area contributed by atoms with Crippen LogP contribution in [0.25, 0.3) is 0 Å². The van der Waals surface area contributed by atoms with Gasteiger partial charge < -0.3 is 4.90 Å². The molecule has 2 rings (SSSR count). The van der Waals surface area contributed by atoms with Crippen LogP contribution in [0.5, 0.6) is 0 Å². The fraction of sp³-hybridized carbons (Fsp3) is 0.900. The lowest BCUT2D eigenvalue weighted by molar-refractivity contribution is 0.243. The monoisotopic (exact) mass is 196 g/mol. The number of hydrazine groups is 1. The fourth-order valence-electron chi connectivity index (χ4n) is 2.39. The molecule has 0 amide bonds. The van der Waals surface area contributed by atoms with E-state index in [1.54, 1.807) is 0 Å². The van der Waals surface area contributed by atoms with Crippen LogP contribution in [0, 0.1) is 11.8 Å². The Balaban J connectivity index is 1.92. The summed E-state index contributed by atoms with van der Waals surface area (Å²) in [6.07, 6.45) is 3.87. The predicted molar refractivity (Wildman–Crippen MR) is 57.7 cm³/mol. The summed E-state index contributed by atoms with van der Waals surface area (Å²) >= 11 is 0. The molecule has 4 heteroatoms. The van der Waals surface area contributed by atoms with Crippen molar-refractivity contribution in [2.75, 3.05) is 19.6 Å². The number of fused-ring (bicyclic) bond motifs is 1. The zero-order valence-electron chi connectivity index (χ0n) is 8.87. The molecule has 2 aliphatic rings. The van der Waals surface area contributed by atoms with Crippen LogP contribution >= 0.6 is 0 Å². The van der Waals surface area contributed by atoms with Gasteiger partial charge in [0.25, 0.3) is 0 Å². The summed E-state index contributed by atoms with van der Waals surface area (Å²) in [7, 11) is 0. The molecule has 0 bridgehead atoms. The Labute approximate surface area is 85.5 Å². The lowest BCUT2D eigenvalue weighted by Gasteiger charge is -2.27. The topological polar surface area (TPSA) is 53.6 Å². The van der Waals surface area contributed by atoms with E-state index < -0.39 is 0 Å². The minimum atomic E-state index is 0.866. The lowest BCUT2D eigenvalue weighted by atomic mass is 9.77. The predicted octanol–water partition coefficient (Wildman–Crippen LogP) is 0.558. The van der Waals surface area contributed by atoms with Crippen molar-refractivity contribution < 1.29 is 0 Å². The van der Waals surface area contributed by atoms with Gasteiger partial charge in [0.2, 0.25) is 5.96 Å². The first-order valence-electron chi connectivity index (χ1n) is 5.61. The third-order valence-electron chi connectivity index (χ3n) is 3.40. The second-order valence-corrected chi connectivity index (χ2v) is 4.35. The molecular formula is C10H20N4. The lowest BCUT2D eigenvalue weighted by Crippen LogP contribution is -2.43.